The molecule has 0 bridgehead atoms. The molecule has 1 heterocycles. The number of thiazole rings is 1. The summed E-state index contributed by atoms with van der Waals surface area (Å²) in [7, 11) is 1.62. The molecule has 3 rings (SSSR count). The van der Waals surface area contributed by atoms with Crippen LogP contribution in [0.1, 0.15) is 25.0 Å². The lowest BCUT2D eigenvalue weighted by atomic mass is 10.1. The standard InChI is InChI=1S/C20H22N4O2S/c1-12-9-10-17(26-4)15(11-12)13(2)23-24-19(25)14(3)21-20-22-16-7-5-6-8-18(16)27-20/h5-11,14H,1-4H3,(H,21,22)(H,24,25)/b23-13-/t14-/m1/s1. The van der Waals surface area contributed by atoms with E-state index >= 15 is 0 Å². The van der Waals surface area contributed by atoms with Crippen LogP contribution in [0.3, 0.4) is 0 Å². The van der Waals surface area contributed by atoms with Crippen LogP contribution in [0.15, 0.2) is 47.6 Å². The second-order valence-electron chi connectivity index (χ2n) is 6.23. The molecule has 140 valence electrons. The Kier molecular flexibility index (Phi) is 5.71. The lowest BCUT2D eigenvalue weighted by Crippen LogP contribution is -2.35. The van der Waals surface area contributed by atoms with Crippen molar-refractivity contribution < 1.29 is 9.53 Å². The van der Waals surface area contributed by atoms with Crippen molar-refractivity contribution in [3.63, 3.8) is 0 Å². The molecule has 2 aromatic carbocycles. The topological polar surface area (TPSA) is 75.6 Å². The quantitative estimate of drug-likeness (QED) is 0.500. The number of carbonyl (C=O) groups excluding carboxylic acids is 1. The Hall–Kier alpha value is -2.93. The molecule has 6 nitrogen and oxygen atoms in total. The Morgan fingerprint density at radius 1 is 1.26 bits per heavy atom. The first-order valence-corrected chi connectivity index (χ1v) is 9.41. The first kappa shape index (κ1) is 18.8. The van der Waals surface area contributed by atoms with E-state index in [1.807, 2.05) is 56.3 Å². The van der Waals surface area contributed by atoms with Crippen molar-refractivity contribution in [2.45, 2.75) is 26.8 Å². The Bertz CT molecular complexity index is 964. The number of nitrogens with one attached hydrogen (secondary N) is 2. The number of para-hydroxylation sites is 1. The Morgan fingerprint density at radius 2 is 2.04 bits per heavy atom. The van der Waals surface area contributed by atoms with Gasteiger partial charge in [0.2, 0.25) is 0 Å². The zero-order valence-electron chi connectivity index (χ0n) is 15.7. The van der Waals surface area contributed by atoms with Gasteiger partial charge in [-0.15, -0.1) is 0 Å². The third-order valence-electron chi connectivity index (χ3n) is 4.11. The first-order chi connectivity index (χ1) is 13.0. The molecule has 0 aliphatic carbocycles. The summed E-state index contributed by atoms with van der Waals surface area (Å²) < 4.78 is 6.45. The minimum Gasteiger partial charge on any atom is -0.496 e. The third-order valence-corrected chi connectivity index (χ3v) is 5.07. The van der Waals surface area contributed by atoms with E-state index in [0.717, 1.165) is 27.1 Å². The van der Waals surface area contributed by atoms with Gasteiger partial charge in [-0.1, -0.05) is 35.1 Å². The van der Waals surface area contributed by atoms with Gasteiger partial charge in [0.25, 0.3) is 5.91 Å². The maximum absolute atomic E-state index is 12.4. The minimum atomic E-state index is -0.471. The van der Waals surface area contributed by atoms with Crippen molar-refractivity contribution in [1.29, 1.82) is 0 Å². The van der Waals surface area contributed by atoms with Crippen LogP contribution in [0, 0.1) is 6.92 Å². The van der Waals surface area contributed by atoms with Gasteiger partial charge >= 0.3 is 0 Å². The molecule has 1 amide bonds. The van der Waals surface area contributed by atoms with Gasteiger partial charge in [-0.25, -0.2) is 10.4 Å². The van der Waals surface area contributed by atoms with E-state index in [4.69, 9.17) is 4.74 Å². The van der Waals surface area contributed by atoms with Crippen LogP contribution in [0.2, 0.25) is 0 Å². The maximum Gasteiger partial charge on any atom is 0.262 e. The van der Waals surface area contributed by atoms with Gasteiger partial charge in [0, 0.05) is 5.56 Å². The van der Waals surface area contributed by atoms with Crippen LogP contribution >= 0.6 is 11.3 Å². The summed E-state index contributed by atoms with van der Waals surface area (Å²) in [6, 6.07) is 13.2. The number of methoxy groups -OCH3 is 1. The van der Waals surface area contributed by atoms with Crippen LogP contribution in [0.4, 0.5) is 5.13 Å². The van der Waals surface area contributed by atoms with Crippen molar-refractivity contribution >= 4 is 38.3 Å². The molecule has 0 saturated heterocycles. The summed E-state index contributed by atoms with van der Waals surface area (Å²) in [5, 5.41) is 8.07. The van der Waals surface area contributed by atoms with Gasteiger partial charge in [-0.05, 0) is 45.0 Å². The average Bonchev–Trinajstić information content (AvgIpc) is 3.07. The SMILES string of the molecule is COc1ccc(C)cc1/C(C)=N\NC(=O)[C@@H](C)Nc1nc2ccccc2s1. The van der Waals surface area contributed by atoms with Gasteiger partial charge in [0.15, 0.2) is 5.13 Å². The Labute approximate surface area is 162 Å². The summed E-state index contributed by atoms with van der Waals surface area (Å²) in [5.74, 6) is 0.483. The lowest BCUT2D eigenvalue weighted by molar-refractivity contribution is -0.121. The smallest absolute Gasteiger partial charge is 0.262 e. The largest absolute Gasteiger partial charge is 0.496 e. The number of fused-ring (bicyclic) bond motifs is 1. The van der Waals surface area contributed by atoms with Crippen LogP contribution < -0.4 is 15.5 Å². The normalized spacial score (nSPS) is 12.7. The minimum absolute atomic E-state index is 0.236. The van der Waals surface area contributed by atoms with Crippen molar-refractivity contribution in [1.82, 2.24) is 10.4 Å². The molecule has 0 aliphatic rings. The second kappa shape index (κ2) is 8.18. The van der Waals surface area contributed by atoms with E-state index in [2.05, 4.69) is 20.8 Å². The molecule has 27 heavy (non-hydrogen) atoms. The van der Waals surface area contributed by atoms with Gasteiger partial charge in [0.1, 0.15) is 11.8 Å². The van der Waals surface area contributed by atoms with E-state index < -0.39 is 6.04 Å². The highest BCUT2D eigenvalue weighted by molar-refractivity contribution is 7.22. The molecule has 0 radical (unpaired) electrons. The van der Waals surface area contributed by atoms with Crippen LogP contribution in [0.25, 0.3) is 10.2 Å². The number of rotatable bonds is 6. The molecule has 0 saturated carbocycles. The fourth-order valence-corrected chi connectivity index (χ4v) is 3.54. The van der Waals surface area contributed by atoms with Gasteiger partial charge in [0.05, 0.1) is 23.0 Å². The first-order valence-electron chi connectivity index (χ1n) is 8.59. The third kappa shape index (κ3) is 4.43. The van der Waals surface area contributed by atoms with E-state index in [9.17, 15) is 4.79 Å². The fraction of sp³-hybridized carbons (Fsp3) is 0.250. The lowest BCUT2D eigenvalue weighted by Gasteiger charge is -2.12. The van der Waals surface area contributed by atoms with Gasteiger partial charge < -0.3 is 10.1 Å². The zero-order valence-corrected chi connectivity index (χ0v) is 16.6. The summed E-state index contributed by atoms with van der Waals surface area (Å²) >= 11 is 1.52. The van der Waals surface area contributed by atoms with E-state index in [1.54, 1.807) is 14.0 Å². The summed E-state index contributed by atoms with van der Waals surface area (Å²) in [6.07, 6.45) is 0. The molecule has 2 N–H and O–H groups in total. The molecular weight excluding hydrogens is 360 g/mol. The number of ether oxygens (including phenoxy) is 1. The van der Waals surface area contributed by atoms with Crippen molar-refractivity contribution in [2.24, 2.45) is 5.10 Å². The predicted octanol–water partition coefficient (Wildman–Crippen LogP) is 3.95. The number of hydrogen-bond acceptors (Lipinski definition) is 6. The van der Waals surface area contributed by atoms with Crippen molar-refractivity contribution in [3.05, 3.63) is 53.6 Å². The van der Waals surface area contributed by atoms with Gasteiger partial charge in [-0.2, -0.15) is 5.10 Å². The Balaban J connectivity index is 1.67. The monoisotopic (exact) mass is 382 g/mol. The predicted molar refractivity (Wildman–Crippen MR) is 111 cm³/mol. The van der Waals surface area contributed by atoms with E-state index in [-0.39, 0.29) is 5.91 Å². The molecule has 0 spiro atoms. The molecular formula is C20H22N4O2S. The number of aryl methyl sites for hydroxylation is 1. The van der Waals surface area contributed by atoms with Gasteiger partial charge in [-0.3, -0.25) is 4.79 Å². The molecule has 1 atom stereocenters. The number of amides is 1. The number of nitrogens with zero attached hydrogens (tertiary/aromatic N) is 2. The van der Waals surface area contributed by atoms with E-state index in [0.29, 0.717) is 10.8 Å². The molecule has 7 heteroatoms. The number of hydrazone groups is 1. The number of anilines is 1. The molecule has 1 aromatic heterocycles. The molecule has 3 aromatic rings. The highest BCUT2D eigenvalue weighted by atomic mass is 32.1. The molecule has 0 aliphatic heterocycles. The van der Waals surface area contributed by atoms with E-state index in [1.165, 1.54) is 11.3 Å². The molecule has 0 unspecified atom stereocenters. The summed E-state index contributed by atoms with van der Waals surface area (Å²) in [5.41, 5.74) is 6.15. The number of benzene rings is 2. The highest BCUT2D eigenvalue weighted by Crippen LogP contribution is 2.25. The highest BCUT2D eigenvalue weighted by Gasteiger charge is 2.15. The number of aromatic nitrogens is 1. The molecule has 0 fully saturated rings. The van der Waals surface area contributed by atoms with Crippen LogP contribution in [0.5, 0.6) is 5.75 Å². The van der Waals surface area contributed by atoms with Crippen molar-refractivity contribution in [3.8, 4) is 5.75 Å². The second-order valence-corrected chi connectivity index (χ2v) is 7.26. The number of hydrogen-bond donors (Lipinski definition) is 2. The zero-order chi connectivity index (χ0) is 19.4. The summed E-state index contributed by atoms with van der Waals surface area (Å²) in [4.78, 5) is 16.9. The number of carbonyl (C=O) groups is 1. The fourth-order valence-electron chi connectivity index (χ4n) is 2.59. The van der Waals surface area contributed by atoms with Crippen LogP contribution in [-0.2, 0) is 4.79 Å². The van der Waals surface area contributed by atoms with Crippen molar-refractivity contribution in [2.75, 3.05) is 12.4 Å². The average molecular weight is 382 g/mol. The summed E-state index contributed by atoms with van der Waals surface area (Å²) in [6.45, 7) is 5.61. The maximum atomic E-state index is 12.4. The Morgan fingerprint density at radius 3 is 2.78 bits per heavy atom. The van der Waals surface area contributed by atoms with Crippen LogP contribution in [-0.4, -0.2) is 29.8 Å².